The van der Waals surface area contributed by atoms with Crippen molar-refractivity contribution in [3.63, 3.8) is 0 Å². The molecule has 4 aromatic rings. The Bertz CT molecular complexity index is 922. The summed E-state index contributed by atoms with van der Waals surface area (Å²) in [7, 11) is 0. The second-order valence-corrected chi connectivity index (χ2v) is 6.23. The van der Waals surface area contributed by atoms with Crippen LogP contribution in [-0.2, 0) is 12.8 Å². The van der Waals surface area contributed by atoms with Crippen molar-refractivity contribution in [2.75, 3.05) is 0 Å². The molecule has 25 heavy (non-hydrogen) atoms. The first-order valence-corrected chi connectivity index (χ1v) is 8.77. The average molecular weight is 323 g/mol. The standard InChI is InChI=1S/C24H21N/c1-4-10-20(11-5-1)16-17-23-18-19-24(21-12-6-2-7-13-21)25(23)22-14-8-3-9-15-22/h1-15,18-19H,16-17H2. The lowest BCUT2D eigenvalue weighted by atomic mass is 10.1. The predicted molar refractivity (Wildman–Crippen MR) is 105 cm³/mol. The normalized spacial score (nSPS) is 10.7. The van der Waals surface area contributed by atoms with Crippen LogP contribution in [0.3, 0.4) is 0 Å². The molecule has 0 aliphatic carbocycles. The van der Waals surface area contributed by atoms with Crippen molar-refractivity contribution in [3.05, 3.63) is 114 Å². The molecule has 0 saturated carbocycles. The van der Waals surface area contributed by atoms with Gasteiger partial charge in [0.05, 0.1) is 5.69 Å². The van der Waals surface area contributed by atoms with E-state index < -0.39 is 0 Å². The fourth-order valence-electron chi connectivity index (χ4n) is 3.31. The molecule has 0 saturated heterocycles. The Morgan fingerprint density at radius 2 is 1.12 bits per heavy atom. The molecule has 3 aromatic carbocycles. The summed E-state index contributed by atoms with van der Waals surface area (Å²) in [4.78, 5) is 0. The molecule has 0 aliphatic heterocycles. The van der Waals surface area contributed by atoms with E-state index in [-0.39, 0.29) is 0 Å². The van der Waals surface area contributed by atoms with Crippen molar-refractivity contribution in [2.45, 2.75) is 12.8 Å². The molecule has 0 radical (unpaired) electrons. The lowest BCUT2D eigenvalue weighted by Gasteiger charge is -2.14. The molecular weight excluding hydrogens is 302 g/mol. The first-order valence-electron chi connectivity index (χ1n) is 8.77. The van der Waals surface area contributed by atoms with Crippen LogP contribution in [0.15, 0.2) is 103 Å². The minimum atomic E-state index is 1.02. The van der Waals surface area contributed by atoms with Crippen LogP contribution in [0.25, 0.3) is 16.9 Å². The SMILES string of the molecule is c1ccc(CCc2ccc(-c3ccccc3)n2-c2ccccc2)cc1. The van der Waals surface area contributed by atoms with Gasteiger partial charge in [0.2, 0.25) is 0 Å². The zero-order chi connectivity index (χ0) is 16.9. The Morgan fingerprint density at radius 3 is 1.80 bits per heavy atom. The minimum Gasteiger partial charge on any atom is -0.314 e. The first kappa shape index (κ1) is 15.5. The van der Waals surface area contributed by atoms with E-state index in [0.29, 0.717) is 0 Å². The lowest BCUT2D eigenvalue weighted by molar-refractivity contribution is 0.869. The molecule has 122 valence electrons. The van der Waals surface area contributed by atoms with E-state index >= 15 is 0 Å². The van der Waals surface area contributed by atoms with Crippen LogP contribution < -0.4 is 0 Å². The Kier molecular flexibility index (Phi) is 4.47. The fraction of sp³-hybridized carbons (Fsp3) is 0.0833. The van der Waals surface area contributed by atoms with Gasteiger partial charge in [0.15, 0.2) is 0 Å². The summed E-state index contributed by atoms with van der Waals surface area (Å²) in [5.41, 5.74) is 6.43. The minimum absolute atomic E-state index is 1.02. The molecule has 0 aliphatic rings. The summed E-state index contributed by atoms with van der Waals surface area (Å²) in [6.07, 6.45) is 2.07. The van der Waals surface area contributed by atoms with Crippen LogP contribution in [0.1, 0.15) is 11.3 Å². The molecule has 0 amide bonds. The predicted octanol–water partition coefficient (Wildman–Crippen LogP) is 5.93. The largest absolute Gasteiger partial charge is 0.314 e. The van der Waals surface area contributed by atoms with Crippen molar-refractivity contribution in [1.29, 1.82) is 0 Å². The van der Waals surface area contributed by atoms with Gasteiger partial charge in [0, 0.05) is 11.4 Å². The maximum absolute atomic E-state index is 2.39. The molecule has 1 heteroatoms. The monoisotopic (exact) mass is 323 g/mol. The second-order valence-electron chi connectivity index (χ2n) is 6.23. The maximum Gasteiger partial charge on any atom is 0.0531 e. The van der Waals surface area contributed by atoms with Gasteiger partial charge >= 0.3 is 0 Å². The van der Waals surface area contributed by atoms with E-state index in [0.717, 1.165) is 12.8 Å². The number of hydrogen-bond donors (Lipinski definition) is 0. The molecule has 1 nitrogen and oxygen atoms in total. The zero-order valence-electron chi connectivity index (χ0n) is 14.2. The quantitative estimate of drug-likeness (QED) is 0.429. The molecule has 0 spiro atoms. The number of benzene rings is 3. The number of rotatable bonds is 5. The Hall–Kier alpha value is -3.06. The topological polar surface area (TPSA) is 4.93 Å². The lowest BCUT2D eigenvalue weighted by Crippen LogP contribution is -2.03. The van der Waals surface area contributed by atoms with E-state index in [9.17, 15) is 0 Å². The second kappa shape index (κ2) is 7.23. The van der Waals surface area contributed by atoms with Gasteiger partial charge in [-0.3, -0.25) is 0 Å². The summed E-state index contributed by atoms with van der Waals surface area (Å²) in [6.45, 7) is 0. The van der Waals surface area contributed by atoms with Crippen LogP contribution >= 0.6 is 0 Å². The van der Waals surface area contributed by atoms with Gasteiger partial charge in [-0.1, -0.05) is 78.9 Å². The Labute approximate surface area is 149 Å². The third-order valence-corrected chi connectivity index (χ3v) is 4.56. The van der Waals surface area contributed by atoms with Crippen LogP contribution in [-0.4, -0.2) is 4.57 Å². The third-order valence-electron chi connectivity index (χ3n) is 4.56. The van der Waals surface area contributed by atoms with Crippen molar-refractivity contribution in [3.8, 4) is 16.9 Å². The van der Waals surface area contributed by atoms with Gasteiger partial charge in [0.1, 0.15) is 0 Å². The Morgan fingerprint density at radius 1 is 0.520 bits per heavy atom. The molecule has 1 heterocycles. The van der Waals surface area contributed by atoms with E-state index in [1.54, 1.807) is 0 Å². The third kappa shape index (κ3) is 3.41. The summed E-state index contributed by atoms with van der Waals surface area (Å²) in [6, 6.07) is 36.4. The van der Waals surface area contributed by atoms with Gasteiger partial charge in [-0.2, -0.15) is 0 Å². The molecular formula is C24H21N. The molecule has 1 aromatic heterocycles. The molecule has 0 atom stereocenters. The smallest absolute Gasteiger partial charge is 0.0531 e. The highest BCUT2D eigenvalue weighted by molar-refractivity contribution is 5.64. The molecule has 0 fully saturated rings. The van der Waals surface area contributed by atoms with Gasteiger partial charge < -0.3 is 4.57 Å². The van der Waals surface area contributed by atoms with Crippen LogP contribution in [0.2, 0.25) is 0 Å². The Balaban J connectivity index is 1.73. The molecule has 0 N–H and O–H groups in total. The maximum atomic E-state index is 2.39. The number of aromatic nitrogens is 1. The summed E-state index contributed by atoms with van der Waals surface area (Å²) in [5.74, 6) is 0. The van der Waals surface area contributed by atoms with Gasteiger partial charge in [-0.25, -0.2) is 0 Å². The summed E-state index contributed by atoms with van der Waals surface area (Å²) < 4.78 is 2.39. The summed E-state index contributed by atoms with van der Waals surface area (Å²) in [5, 5.41) is 0. The molecule has 0 bridgehead atoms. The van der Waals surface area contributed by atoms with E-state index in [2.05, 4.69) is 108 Å². The van der Waals surface area contributed by atoms with E-state index in [4.69, 9.17) is 0 Å². The van der Waals surface area contributed by atoms with Crippen molar-refractivity contribution in [2.24, 2.45) is 0 Å². The average Bonchev–Trinajstić information content (AvgIpc) is 3.12. The number of nitrogens with zero attached hydrogens (tertiary/aromatic N) is 1. The van der Waals surface area contributed by atoms with Crippen molar-refractivity contribution >= 4 is 0 Å². The van der Waals surface area contributed by atoms with Gasteiger partial charge in [0.25, 0.3) is 0 Å². The van der Waals surface area contributed by atoms with Crippen LogP contribution in [0.5, 0.6) is 0 Å². The van der Waals surface area contributed by atoms with E-state index in [1.807, 2.05) is 0 Å². The highest BCUT2D eigenvalue weighted by Gasteiger charge is 2.11. The summed E-state index contributed by atoms with van der Waals surface area (Å²) >= 11 is 0. The van der Waals surface area contributed by atoms with Crippen LogP contribution in [0.4, 0.5) is 0 Å². The van der Waals surface area contributed by atoms with Gasteiger partial charge in [-0.05, 0) is 48.2 Å². The molecule has 0 unspecified atom stereocenters. The van der Waals surface area contributed by atoms with Crippen LogP contribution in [0, 0.1) is 0 Å². The number of hydrogen-bond acceptors (Lipinski definition) is 0. The zero-order valence-corrected chi connectivity index (χ0v) is 14.2. The van der Waals surface area contributed by atoms with Crippen molar-refractivity contribution in [1.82, 2.24) is 4.57 Å². The van der Waals surface area contributed by atoms with Crippen molar-refractivity contribution < 1.29 is 0 Å². The fourth-order valence-corrected chi connectivity index (χ4v) is 3.31. The van der Waals surface area contributed by atoms with E-state index in [1.165, 1.54) is 28.2 Å². The highest BCUT2D eigenvalue weighted by atomic mass is 15.0. The van der Waals surface area contributed by atoms with Gasteiger partial charge in [-0.15, -0.1) is 0 Å². The first-order chi connectivity index (χ1) is 12.4. The molecule has 4 rings (SSSR count). The number of para-hydroxylation sites is 1. The number of aryl methyl sites for hydroxylation is 2. The highest BCUT2D eigenvalue weighted by Crippen LogP contribution is 2.27.